The van der Waals surface area contributed by atoms with Gasteiger partial charge in [0.2, 0.25) is 0 Å². The van der Waals surface area contributed by atoms with Crippen molar-refractivity contribution in [1.82, 2.24) is 0 Å². The molecule has 1 aliphatic rings. The van der Waals surface area contributed by atoms with E-state index >= 15 is 0 Å². The fourth-order valence-corrected chi connectivity index (χ4v) is 4.90. The van der Waals surface area contributed by atoms with Gasteiger partial charge in [0.15, 0.2) is 6.29 Å². The monoisotopic (exact) mass is 496 g/mol. The van der Waals surface area contributed by atoms with Crippen LogP contribution in [-0.4, -0.2) is 43.3 Å². The average molecular weight is 497 g/mol. The maximum absolute atomic E-state index is 12.0. The van der Waals surface area contributed by atoms with Gasteiger partial charge in [0.1, 0.15) is 0 Å². The maximum Gasteiger partial charge on any atom is 0.311 e. The highest BCUT2D eigenvalue weighted by Crippen LogP contribution is 2.24. The fourth-order valence-electron chi connectivity index (χ4n) is 4.90. The van der Waals surface area contributed by atoms with Gasteiger partial charge in [-0.3, -0.25) is 4.79 Å². The molecule has 1 N–H and O–H groups in total. The van der Waals surface area contributed by atoms with Crippen molar-refractivity contribution < 1.29 is 24.1 Å². The first-order valence-electron chi connectivity index (χ1n) is 14.8. The van der Waals surface area contributed by atoms with Gasteiger partial charge in [-0.15, -0.1) is 0 Å². The lowest BCUT2D eigenvalue weighted by Gasteiger charge is -2.30. The lowest BCUT2D eigenvalue weighted by atomic mass is 9.93. The number of rotatable bonds is 22. The minimum Gasteiger partial charge on any atom is -0.469 e. The van der Waals surface area contributed by atoms with E-state index in [-0.39, 0.29) is 18.4 Å². The zero-order chi connectivity index (χ0) is 25.6. The number of carbonyl (C=O) groups excluding carboxylic acids is 1. The molecule has 0 spiro atoms. The lowest BCUT2D eigenvalue weighted by Crippen LogP contribution is -2.35. The van der Waals surface area contributed by atoms with E-state index in [2.05, 4.69) is 19.1 Å². The van der Waals surface area contributed by atoms with Gasteiger partial charge in [0, 0.05) is 13.0 Å². The standard InChI is InChI=1S/C30H56O5/c1-4-6-7-8-9-10-11-12-13-14-15-16-17-18-19-22-26(35-29-23-20-21-24-34-29)25-28(31)27(5-2)30(32)33-3/h12-13,26-29,31H,4-11,14-25H2,1-3H3/t26-,27-,28-,29?/m0/s1. The highest BCUT2D eigenvalue weighted by Gasteiger charge is 2.30. The third-order valence-electron chi connectivity index (χ3n) is 7.18. The summed E-state index contributed by atoms with van der Waals surface area (Å²) in [5.74, 6) is -0.832. The number of unbranched alkanes of at least 4 members (excludes halogenated alkanes) is 11. The van der Waals surface area contributed by atoms with Crippen molar-refractivity contribution in [3.63, 3.8) is 0 Å². The molecule has 206 valence electrons. The predicted molar refractivity (Wildman–Crippen MR) is 144 cm³/mol. The molecule has 1 heterocycles. The van der Waals surface area contributed by atoms with E-state index in [1.54, 1.807) is 0 Å². The van der Waals surface area contributed by atoms with Crippen LogP contribution in [0.1, 0.15) is 136 Å². The van der Waals surface area contributed by atoms with E-state index in [1.807, 2.05) is 6.92 Å². The SMILES string of the molecule is CCCCCCCCC=CCCCCCCC[C@@H](C[C@H](O)[C@H](CC)C(=O)OC)OC1CCCCO1. The molecule has 0 aliphatic carbocycles. The number of carbonyl (C=O) groups is 1. The first-order chi connectivity index (χ1) is 17.1. The van der Waals surface area contributed by atoms with Gasteiger partial charge in [-0.2, -0.15) is 0 Å². The number of methoxy groups -OCH3 is 1. The van der Waals surface area contributed by atoms with E-state index in [9.17, 15) is 9.90 Å². The number of aliphatic hydroxyl groups excluding tert-OH is 1. The predicted octanol–water partition coefficient (Wildman–Crippen LogP) is 7.89. The molecule has 0 aromatic rings. The maximum atomic E-state index is 12.0. The summed E-state index contributed by atoms with van der Waals surface area (Å²) < 4.78 is 16.9. The summed E-state index contributed by atoms with van der Waals surface area (Å²) in [5, 5.41) is 10.7. The summed E-state index contributed by atoms with van der Waals surface area (Å²) in [6.07, 6.45) is 25.4. The van der Waals surface area contributed by atoms with Crippen LogP contribution in [0.2, 0.25) is 0 Å². The minimum absolute atomic E-state index is 0.0864. The van der Waals surface area contributed by atoms with Crippen LogP contribution in [0, 0.1) is 5.92 Å². The second-order valence-corrected chi connectivity index (χ2v) is 10.3. The van der Waals surface area contributed by atoms with E-state index in [0.717, 1.165) is 38.7 Å². The highest BCUT2D eigenvalue weighted by molar-refractivity contribution is 5.72. The number of esters is 1. The Morgan fingerprint density at radius 3 is 2.14 bits per heavy atom. The van der Waals surface area contributed by atoms with Crippen molar-refractivity contribution >= 4 is 5.97 Å². The van der Waals surface area contributed by atoms with Gasteiger partial charge in [-0.05, 0) is 57.8 Å². The van der Waals surface area contributed by atoms with Crippen LogP contribution in [0.15, 0.2) is 12.2 Å². The third-order valence-corrected chi connectivity index (χ3v) is 7.18. The summed E-state index contributed by atoms with van der Waals surface area (Å²) in [6.45, 7) is 4.92. The van der Waals surface area contributed by atoms with Crippen molar-refractivity contribution in [3.05, 3.63) is 12.2 Å². The summed E-state index contributed by atoms with van der Waals surface area (Å²) >= 11 is 0. The molecule has 1 saturated heterocycles. The van der Waals surface area contributed by atoms with Crippen LogP contribution >= 0.6 is 0 Å². The minimum atomic E-state index is -0.746. The Kier molecular flexibility index (Phi) is 20.5. The molecule has 5 nitrogen and oxygen atoms in total. The Balaban J connectivity index is 2.22. The van der Waals surface area contributed by atoms with Crippen LogP contribution in [0.3, 0.4) is 0 Å². The largest absolute Gasteiger partial charge is 0.469 e. The fraction of sp³-hybridized carbons (Fsp3) is 0.900. The normalized spacial score (nSPS) is 19.0. The highest BCUT2D eigenvalue weighted by atomic mass is 16.7. The van der Waals surface area contributed by atoms with Crippen molar-refractivity contribution in [3.8, 4) is 0 Å². The molecule has 0 amide bonds. The van der Waals surface area contributed by atoms with Crippen LogP contribution in [0.25, 0.3) is 0 Å². The molecule has 0 aromatic carbocycles. The first kappa shape index (κ1) is 32.1. The molecule has 0 aromatic heterocycles. The van der Waals surface area contributed by atoms with Crippen LogP contribution in [0.5, 0.6) is 0 Å². The molecule has 4 atom stereocenters. The van der Waals surface area contributed by atoms with Gasteiger partial charge < -0.3 is 19.3 Å². The second kappa shape index (κ2) is 22.3. The molecule has 1 aliphatic heterocycles. The Morgan fingerprint density at radius 2 is 1.57 bits per heavy atom. The van der Waals surface area contributed by atoms with E-state index in [1.165, 1.54) is 84.2 Å². The number of ether oxygens (including phenoxy) is 3. The molecule has 1 unspecified atom stereocenters. The van der Waals surface area contributed by atoms with Gasteiger partial charge in [-0.25, -0.2) is 0 Å². The Bertz CT molecular complexity index is 515. The van der Waals surface area contributed by atoms with Crippen LogP contribution in [0.4, 0.5) is 0 Å². The summed E-state index contributed by atoms with van der Waals surface area (Å²) in [4.78, 5) is 12.0. The van der Waals surface area contributed by atoms with Crippen LogP contribution in [-0.2, 0) is 19.0 Å². The topological polar surface area (TPSA) is 65.0 Å². The molecule has 0 bridgehead atoms. The van der Waals surface area contributed by atoms with E-state index in [0.29, 0.717) is 12.8 Å². The van der Waals surface area contributed by atoms with Crippen molar-refractivity contribution in [1.29, 1.82) is 0 Å². The van der Waals surface area contributed by atoms with Gasteiger partial charge >= 0.3 is 5.97 Å². The van der Waals surface area contributed by atoms with Gasteiger partial charge in [-0.1, -0.05) is 83.8 Å². The zero-order valence-corrected chi connectivity index (χ0v) is 23.2. The molecule has 0 saturated carbocycles. The second-order valence-electron chi connectivity index (χ2n) is 10.3. The molecule has 0 radical (unpaired) electrons. The van der Waals surface area contributed by atoms with Crippen molar-refractivity contribution in [2.75, 3.05) is 13.7 Å². The van der Waals surface area contributed by atoms with Crippen molar-refractivity contribution in [2.45, 2.75) is 154 Å². The van der Waals surface area contributed by atoms with E-state index < -0.39 is 12.0 Å². The third kappa shape index (κ3) is 16.5. The number of allylic oxidation sites excluding steroid dienone is 2. The molecule has 35 heavy (non-hydrogen) atoms. The Morgan fingerprint density at radius 1 is 0.943 bits per heavy atom. The summed E-state index contributed by atoms with van der Waals surface area (Å²) in [5.41, 5.74) is 0. The smallest absolute Gasteiger partial charge is 0.311 e. The van der Waals surface area contributed by atoms with E-state index in [4.69, 9.17) is 14.2 Å². The molecular weight excluding hydrogens is 440 g/mol. The molecule has 1 fully saturated rings. The zero-order valence-electron chi connectivity index (χ0n) is 23.2. The first-order valence-corrected chi connectivity index (χ1v) is 14.8. The van der Waals surface area contributed by atoms with Crippen molar-refractivity contribution in [2.24, 2.45) is 5.92 Å². The van der Waals surface area contributed by atoms with Gasteiger partial charge in [0.05, 0.1) is 25.2 Å². The Labute approximate surface area is 216 Å². The van der Waals surface area contributed by atoms with Gasteiger partial charge in [0.25, 0.3) is 0 Å². The lowest BCUT2D eigenvalue weighted by molar-refractivity contribution is -0.196. The number of hydrogen-bond acceptors (Lipinski definition) is 5. The molecule has 1 rings (SSSR count). The summed E-state index contributed by atoms with van der Waals surface area (Å²) in [7, 11) is 1.38. The summed E-state index contributed by atoms with van der Waals surface area (Å²) in [6, 6.07) is 0. The molecular formula is C30H56O5. The Hall–Kier alpha value is -0.910. The van der Waals surface area contributed by atoms with Crippen LogP contribution < -0.4 is 0 Å². The molecule has 5 heteroatoms. The number of hydrogen-bond donors (Lipinski definition) is 1. The average Bonchev–Trinajstić information content (AvgIpc) is 2.87. The quantitative estimate of drug-likeness (QED) is 0.0938. The number of aliphatic hydroxyl groups is 1.